The highest BCUT2D eigenvalue weighted by molar-refractivity contribution is 14.1. The van der Waals surface area contributed by atoms with Gasteiger partial charge >= 0.3 is 0 Å². The first-order valence-corrected chi connectivity index (χ1v) is 6.94. The SMILES string of the molecule is Cc1sccc1C(NN)c1cccc(I)c1. The number of hydrogen-bond donors (Lipinski definition) is 2. The van der Waals surface area contributed by atoms with Crippen LogP contribution in [0.15, 0.2) is 35.7 Å². The maximum absolute atomic E-state index is 5.67. The smallest absolute Gasteiger partial charge is 0.0721 e. The Morgan fingerprint density at radius 3 is 2.75 bits per heavy atom. The lowest BCUT2D eigenvalue weighted by atomic mass is 10.0. The molecule has 2 rings (SSSR count). The van der Waals surface area contributed by atoms with E-state index in [1.165, 1.54) is 19.6 Å². The molecule has 0 saturated carbocycles. The van der Waals surface area contributed by atoms with E-state index < -0.39 is 0 Å². The minimum Gasteiger partial charge on any atom is -0.271 e. The minimum absolute atomic E-state index is 0.0842. The van der Waals surface area contributed by atoms with E-state index in [9.17, 15) is 0 Å². The molecule has 2 aromatic rings. The van der Waals surface area contributed by atoms with Gasteiger partial charge in [-0.3, -0.25) is 5.84 Å². The van der Waals surface area contributed by atoms with Crippen molar-refractivity contribution in [1.29, 1.82) is 0 Å². The summed E-state index contributed by atoms with van der Waals surface area (Å²) < 4.78 is 1.23. The lowest BCUT2D eigenvalue weighted by Gasteiger charge is -2.16. The molecule has 1 unspecified atom stereocenters. The average Bonchev–Trinajstić information content (AvgIpc) is 2.67. The molecule has 0 aliphatic carbocycles. The summed E-state index contributed by atoms with van der Waals surface area (Å²) in [6.45, 7) is 2.12. The third-order valence-corrected chi connectivity index (χ3v) is 4.09. The number of thiophene rings is 1. The van der Waals surface area contributed by atoms with Gasteiger partial charge in [0.25, 0.3) is 0 Å². The van der Waals surface area contributed by atoms with Crippen molar-refractivity contribution >= 4 is 33.9 Å². The van der Waals surface area contributed by atoms with E-state index in [1.54, 1.807) is 11.3 Å². The molecule has 16 heavy (non-hydrogen) atoms. The Morgan fingerprint density at radius 2 is 2.19 bits per heavy atom. The molecular formula is C12H13IN2S. The molecule has 0 fully saturated rings. The molecule has 1 aromatic carbocycles. The van der Waals surface area contributed by atoms with Crippen molar-refractivity contribution in [2.24, 2.45) is 5.84 Å². The zero-order valence-electron chi connectivity index (χ0n) is 8.91. The molecule has 0 amide bonds. The predicted molar refractivity (Wildman–Crippen MR) is 77.4 cm³/mol. The number of hydrogen-bond acceptors (Lipinski definition) is 3. The molecule has 1 aromatic heterocycles. The predicted octanol–water partition coefficient (Wildman–Crippen LogP) is 3.21. The van der Waals surface area contributed by atoms with Crippen molar-refractivity contribution in [2.45, 2.75) is 13.0 Å². The minimum atomic E-state index is 0.0842. The van der Waals surface area contributed by atoms with Crippen LogP contribution in [0.1, 0.15) is 22.0 Å². The van der Waals surface area contributed by atoms with Crippen LogP contribution in [-0.4, -0.2) is 0 Å². The third-order valence-electron chi connectivity index (χ3n) is 2.56. The Kier molecular flexibility index (Phi) is 3.96. The van der Waals surface area contributed by atoms with Gasteiger partial charge in [-0.25, -0.2) is 5.43 Å². The molecule has 1 heterocycles. The monoisotopic (exact) mass is 344 g/mol. The van der Waals surface area contributed by atoms with E-state index in [-0.39, 0.29) is 6.04 Å². The van der Waals surface area contributed by atoms with Gasteiger partial charge in [-0.05, 0) is 64.2 Å². The number of nitrogens with one attached hydrogen (secondary N) is 1. The number of nitrogens with two attached hydrogens (primary N) is 1. The summed E-state index contributed by atoms with van der Waals surface area (Å²) in [5, 5.41) is 2.10. The van der Waals surface area contributed by atoms with Crippen molar-refractivity contribution in [3.05, 3.63) is 55.3 Å². The van der Waals surface area contributed by atoms with Gasteiger partial charge in [-0.1, -0.05) is 12.1 Å². The fourth-order valence-corrected chi connectivity index (χ4v) is 3.05. The highest BCUT2D eigenvalue weighted by atomic mass is 127. The van der Waals surface area contributed by atoms with Gasteiger partial charge in [0.2, 0.25) is 0 Å². The molecule has 4 heteroatoms. The zero-order valence-corrected chi connectivity index (χ0v) is 11.9. The fraction of sp³-hybridized carbons (Fsp3) is 0.167. The first-order chi connectivity index (χ1) is 7.72. The Balaban J connectivity index is 2.40. The molecule has 0 radical (unpaired) electrons. The Bertz CT molecular complexity index is 481. The maximum atomic E-state index is 5.67. The second-order valence-corrected chi connectivity index (χ2v) is 5.95. The lowest BCUT2D eigenvalue weighted by Crippen LogP contribution is -2.29. The van der Waals surface area contributed by atoms with E-state index in [4.69, 9.17) is 5.84 Å². The van der Waals surface area contributed by atoms with E-state index in [2.05, 4.69) is 70.7 Å². The first-order valence-electron chi connectivity index (χ1n) is 4.98. The number of hydrazine groups is 1. The number of rotatable bonds is 3. The fourth-order valence-electron chi connectivity index (χ4n) is 1.75. The van der Waals surface area contributed by atoms with E-state index in [1.807, 2.05) is 0 Å². The molecule has 0 bridgehead atoms. The molecule has 0 spiro atoms. The number of aryl methyl sites for hydroxylation is 1. The van der Waals surface area contributed by atoms with E-state index >= 15 is 0 Å². The highest BCUT2D eigenvalue weighted by Gasteiger charge is 2.15. The second kappa shape index (κ2) is 5.27. The van der Waals surface area contributed by atoms with Gasteiger partial charge in [0.1, 0.15) is 0 Å². The van der Waals surface area contributed by atoms with Crippen LogP contribution in [0.3, 0.4) is 0 Å². The standard InChI is InChI=1S/C12H13IN2S/c1-8-11(5-6-16-8)12(15-14)9-3-2-4-10(13)7-9/h2-7,12,15H,14H2,1H3. The summed E-state index contributed by atoms with van der Waals surface area (Å²) in [7, 11) is 0. The van der Waals surface area contributed by atoms with Gasteiger partial charge in [0.15, 0.2) is 0 Å². The third kappa shape index (κ3) is 2.45. The van der Waals surface area contributed by atoms with Crippen LogP contribution in [0.5, 0.6) is 0 Å². The Morgan fingerprint density at radius 1 is 1.38 bits per heavy atom. The summed E-state index contributed by atoms with van der Waals surface area (Å²) in [6.07, 6.45) is 0. The van der Waals surface area contributed by atoms with E-state index in [0.29, 0.717) is 0 Å². The Hall–Kier alpha value is -0.430. The van der Waals surface area contributed by atoms with Crippen molar-refractivity contribution < 1.29 is 0 Å². The summed E-state index contributed by atoms with van der Waals surface area (Å²) in [5.41, 5.74) is 5.36. The molecule has 2 nitrogen and oxygen atoms in total. The van der Waals surface area contributed by atoms with Crippen LogP contribution < -0.4 is 11.3 Å². The first kappa shape index (κ1) is 12.0. The normalized spacial score (nSPS) is 12.7. The average molecular weight is 344 g/mol. The molecule has 84 valence electrons. The van der Waals surface area contributed by atoms with Gasteiger partial charge in [-0.15, -0.1) is 11.3 Å². The highest BCUT2D eigenvalue weighted by Crippen LogP contribution is 2.28. The summed E-state index contributed by atoms with van der Waals surface area (Å²) in [4.78, 5) is 1.31. The van der Waals surface area contributed by atoms with Crippen molar-refractivity contribution in [3.63, 3.8) is 0 Å². The van der Waals surface area contributed by atoms with Crippen molar-refractivity contribution in [2.75, 3.05) is 0 Å². The zero-order chi connectivity index (χ0) is 11.5. The molecule has 1 atom stereocenters. The van der Waals surface area contributed by atoms with Crippen molar-refractivity contribution in [1.82, 2.24) is 5.43 Å². The molecular weight excluding hydrogens is 331 g/mol. The van der Waals surface area contributed by atoms with Gasteiger partial charge < -0.3 is 0 Å². The van der Waals surface area contributed by atoms with Crippen molar-refractivity contribution in [3.8, 4) is 0 Å². The summed E-state index contributed by atoms with van der Waals surface area (Å²) in [5.74, 6) is 5.67. The summed E-state index contributed by atoms with van der Waals surface area (Å²) >= 11 is 4.07. The lowest BCUT2D eigenvalue weighted by molar-refractivity contribution is 0.636. The maximum Gasteiger partial charge on any atom is 0.0721 e. The topological polar surface area (TPSA) is 38.0 Å². The largest absolute Gasteiger partial charge is 0.271 e. The second-order valence-electron chi connectivity index (χ2n) is 3.59. The molecule has 0 aliphatic rings. The summed E-state index contributed by atoms with van der Waals surface area (Å²) in [6, 6.07) is 10.6. The number of halogens is 1. The van der Waals surface area contributed by atoms with Gasteiger partial charge in [0.05, 0.1) is 6.04 Å². The van der Waals surface area contributed by atoms with E-state index in [0.717, 1.165) is 0 Å². The molecule has 0 aliphatic heterocycles. The van der Waals surface area contributed by atoms with Crippen LogP contribution in [-0.2, 0) is 0 Å². The van der Waals surface area contributed by atoms with Gasteiger partial charge in [0, 0.05) is 8.45 Å². The molecule has 3 N–H and O–H groups in total. The van der Waals surface area contributed by atoms with Crippen LogP contribution in [0.4, 0.5) is 0 Å². The van der Waals surface area contributed by atoms with Crippen LogP contribution in [0.2, 0.25) is 0 Å². The van der Waals surface area contributed by atoms with Crippen LogP contribution in [0, 0.1) is 10.5 Å². The number of benzene rings is 1. The quantitative estimate of drug-likeness (QED) is 0.510. The Labute approximate surface area is 113 Å². The van der Waals surface area contributed by atoms with Gasteiger partial charge in [-0.2, -0.15) is 0 Å². The molecule has 0 saturated heterocycles. The van der Waals surface area contributed by atoms with Crippen LogP contribution >= 0.6 is 33.9 Å². The van der Waals surface area contributed by atoms with Crippen LogP contribution in [0.25, 0.3) is 0 Å².